The minimum Gasteiger partial charge on any atom is -0.354 e. The van der Waals surface area contributed by atoms with E-state index >= 15 is 0 Å². The van der Waals surface area contributed by atoms with Crippen LogP contribution in [0.3, 0.4) is 0 Å². The Hall–Kier alpha value is -2.80. The van der Waals surface area contributed by atoms with Crippen molar-refractivity contribution in [3.63, 3.8) is 0 Å². The van der Waals surface area contributed by atoms with Crippen LogP contribution in [-0.4, -0.2) is 29.4 Å². The van der Waals surface area contributed by atoms with Gasteiger partial charge >= 0.3 is 0 Å². The van der Waals surface area contributed by atoms with Crippen LogP contribution in [0.5, 0.6) is 0 Å². The van der Waals surface area contributed by atoms with Gasteiger partial charge in [0.15, 0.2) is 0 Å². The number of pyridine rings is 1. The van der Waals surface area contributed by atoms with Crippen molar-refractivity contribution in [1.29, 1.82) is 0 Å². The number of rotatable bonds is 8. The third-order valence-electron chi connectivity index (χ3n) is 10.8. The Labute approximate surface area is 244 Å². The third kappa shape index (κ3) is 6.35. The zero-order chi connectivity index (χ0) is 29.0. The van der Waals surface area contributed by atoms with Gasteiger partial charge in [0, 0.05) is 35.5 Å². The van der Waals surface area contributed by atoms with Gasteiger partial charge in [-0.05, 0) is 98.4 Å². The SMILES string of the molecule is CCC1(C(=O)Nc2ccncc2)CC2CC(C)C(C(N)C(=O)NCC3(c4ccc(F)cc4)CCCCCC3)C(C2)C1. The fraction of sp³-hybridized carbons (Fsp3) is 0.618. The molecule has 3 saturated carbocycles. The quantitative estimate of drug-likeness (QED) is 0.326. The highest BCUT2D eigenvalue weighted by molar-refractivity contribution is 5.95. The van der Waals surface area contributed by atoms with E-state index in [0.717, 1.165) is 69.0 Å². The number of aromatic nitrogens is 1. The number of carbonyl (C=O) groups is 2. The minimum atomic E-state index is -0.622. The molecule has 222 valence electrons. The molecule has 2 aromatic rings. The van der Waals surface area contributed by atoms with E-state index in [9.17, 15) is 14.0 Å². The highest BCUT2D eigenvalue weighted by Gasteiger charge is 2.52. The Balaban J connectivity index is 1.30. The van der Waals surface area contributed by atoms with Crippen LogP contribution in [0.15, 0.2) is 48.8 Å². The van der Waals surface area contributed by atoms with Crippen LogP contribution in [0, 0.1) is 34.9 Å². The first-order chi connectivity index (χ1) is 19.7. The Kier molecular flexibility index (Phi) is 9.12. The first-order valence-electron chi connectivity index (χ1n) is 15.8. The summed E-state index contributed by atoms with van der Waals surface area (Å²) in [5.74, 6) is 0.778. The summed E-state index contributed by atoms with van der Waals surface area (Å²) >= 11 is 0. The molecular weight excluding hydrogens is 515 g/mol. The number of hydrogen-bond acceptors (Lipinski definition) is 4. The number of nitrogens with zero attached hydrogens (tertiary/aromatic N) is 1. The van der Waals surface area contributed by atoms with Crippen molar-refractivity contribution in [2.75, 3.05) is 11.9 Å². The second-order valence-corrected chi connectivity index (χ2v) is 13.3. The van der Waals surface area contributed by atoms with Crippen LogP contribution < -0.4 is 16.4 Å². The predicted octanol–water partition coefficient (Wildman–Crippen LogP) is 6.36. The Bertz CT molecular complexity index is 1180. The summed E-state index contributed by atoms with van der Waals surface area (Å²) in [6.07, 6.45) is 14.3. The van der Waals surface area contributed by atoms with Gasteiger partial charge in [-0.15, -0.1) is 0 Å². The molecule has 7 heteroatoms. The van der Waals surface area contributed by atoms with Crippen molar-refractivity contribution in [3.05, 3.63) is 60.2 Å². The molecule has 3 fully saturated rings. The van der Waals surface area contributed by atoms with Crippen molar-refractivity contribution in [1.82, 2.24) is 10.3 Å². The third-order valence-corrected chi connectivity index (χ3v) is 10.8. The second kappa shape index (κ2) is 12.6. The molecule has 4 N–H and O–H groups in total. The monoisotopic (exact) mass is 562 g/mol. The smallest absolute Gasteiger partial charge is 0.237 e. The molecule has 6 nitrogen and oxygen atoms in total. The first-order valence-corrected chi connectivity index (χ1v) is 15.8. The number of hydrogen-bond donors (Lipinski definition) is 3. The molecule has 41 heavy (non-hydrogen) atoms. The molecular formula is C34H47FN4O2. The van der Waals surface area contributed by atoms with Gasteiger partial charge in [0.05, 0.1) is 6.04 Å². The number of carbonyl (C=O) groups excluding carboxylic acids is 2. The van der Waals surface area contributed by atoms with Crippen LogP contribution in [0.2, 0.25) is 0 Å². The Morgan fingerprint density at radius 1 is 1.02 bits per heavy atom. The number of benzene rings is 1. The molecule has 0 saturated heterocycles. The van der Waals surface area contributed by atoms with Crippen LogP contribution in [0.4, 0.5) is 10.1 Å². The van der Waals surface area contributed by atoms with Gasteiger partial charge in [-0.1, -0.05) is 51.7 Å². The fourth-order valence-electron chi connectivity index (χ4n) is 8.66. The summed E-state index contributed by atoms with van der Waals surface area (Å²) in [4.78, 5) is 31.5. The lowest BCUT2D eigenvalue weighted by molar-refractivity contribution is -0.135. The van der Waals surface area contributed by atoms with E-state index in [4.69, 9.17) is 5.73 Å². The van der Waals surface area contributed by atoms with Crippen molar-refractivity contribution < 1.29 is 14.0 Å². The number of amides is 2. The molecule has 3 aliphatic carbocycles. The molecule has 1 aromatic heterocycles. The van der Waals surface area contributed by atoms with E-state index in [2.05, 4.69) is 29.5 Å². The maximum absolute atomic E-state index is 13.7. The zero-order valence-corrected chi connectivity index (χ0v) is 24.7. The first kappa shape index (κ1) is 29.7. The van der Waals surface area contributed by atoms with E-state index in [-0.39, 0.29) is 34.9 Å². The maximum Gasteiger partial charge on any atom is 0.237 e. The van der Waals surface area contributed by atoms with Gasteiger partial charge in [0.1, 0.15) is 5.82 Å². The van der Waals surface area contributed by atoms with E-state index in [0.29, 0.717) is 18.4 Å². The predicted molar refractivity (Wildman–Crippen MR) is 160 cm³/mol. The highest BCUT2D eigenvalue weighted by Crippen LogP contribution is 2.55. The molecule has 1 heterocycles. The molecule has 6 atom stereocenters. The average Bonchev–Trinajstić information content (AvgIpc) is 3.22. The summed E-state index contributed by atoms with van der Waals surface area (Å²) in [6, 6.07) is 9.86. The van der Waals surface area contributed by atoms with Crippen molar-refractivity contribution in [3.8, 4) is 0 Å². The molecule has 0 radical (unpaired) electrons. The van der Waals surface area contributed by atoms with Crippen LogP contribution in [0.1, 0.15) is 90.0 Å². The van der Waals surface area contributed by atoms with E-state index in [1.54, 1.807) is 12.4 Å². The van der Waals surface area contributed by atoms with Gasteiger partial charge < -0.3 is 16.4 Å². The molecule has 2 bridgehead atoms. The molecule has 1 aromatic carbocycles. The maximum atomic E-state index is 13.7. The largest absolute Gasteiger partial charge is 0.354 e. The standard InChI is InChI=1S/C34H47FN4O2/c1-3-33(32(41)39-28-12-16-37-17-13-28)20-24-18-23(2)29(25(19-24)21-33)30(36)31(40)38-22-34(14-6-4-5-7-15-34)26-8-10-27(35)11-9-26/h8-13,16-17,23-25,29-30H,3-7,14-15,18-22,36H2,1-2H3,(H,38,40)(H,37,39,41). The minimum absolute atomic E-state index is 0.0297. The van der Waals surface area contributed by atoms with Crippen LogP contribution in [-0.2, 0) is 15.0 Å². The Morgan fingerprint density at radius 2 is 1.71 bits per heavy atom. The summed E-state index contributed by atoms with van der Waals surface area (Å²) in [5, 5.41) is 6.42. The van der Waals surface area contributed by atoms with E-state index < -0.39 is 11.5 Å². The molecule has 2 amide bonds. The summed E-state index contributed by atoms with van der Waals surface area (Å²) in [7, 11) is 0. The van der Waals surface area contributed by atoms with Crippen molar-refractivity contribution in [2.24, 2.45) is 34.8 Å². The molecule has 5 rings (SSSR count). The van der Waals surface area contributed by atoms with E-state index in [1.165, 1.54) is 25.0 Å². The lowest BCUT2D eigenvalue weighted by Gasteiger charge is -2.52. The zero-order valence-electron chi connectivity index (χ0n) is 24.7. The number of anilines is 1. The molecule has 0 aliphatic heterocycles. The van der Waals surface area contributed by atoms with Gasteiger partial charge in [0.2, 0.25) is 11.8 Å². The normalized spacial score (nSPS) is 30.0. The Morgan fingerprint density at radius 3 is 2.37 bits per heavy atom. The van der Waals surface area contributed by atoms with Crippen LogP contribution >= 0.6 is 0 Å². The van der Waals surface area contributed by atoms with Gasteiger partial charge in [0.25, 0.3) is 0 Å². The number of fused-ring (bicyclic) bond motifs is 2. The summed E-state index contributed by atoms with van der Waals surface area (Å²) in [5.41, 5.74) is 8.04. The highest BCUT2D eigenvalue weighted by atomic mass is 19.1. The lowest BCUT2D eigenvalue weighted by atomic mass is 9.53. The molecule has 6 unspecified atom stereocenters. The average molecular weight is 563 g/mol. The summed E-state index contributed by atoms with van der Waals surface area (Å²) in [6.45, 7) is 4.87. The van der Waals surface area contributed by atoms with Gasteiger partial charge in [-0.3, -0.25) is 14.6 Å². The fourth-order valence-corrected chi connectivity index (χ4v) is 8.66. The van der Waals surface area contributed by atoms with Gasteiger partial charge in [-0.2, -0.15) is 0 Å². The molecule has 3 aliphatic rings. The number of nitrogens with two attached hydrogens (primary N) is 1. The van der Waals surface area contributed by atoms with Crippen LogP contribution in [0.25, 0.3) is 0 Å². The second-order valence-electron chi connectivity index (χ2n) is 13.3. The number of halogens is 1. The lowest BCUT2D eigenvalue weighted by Crippen LogP contribution is -2.56. The topological polar surface area (TPSA) is 97.1 Å². The van der Waals surface area contributed by atoms with Crippen molar-refractivity contribution in [2.45, 2.75) is 95.9 Å². The number of nitrogens with one attached hydrogen (secondary N) is 2. The van der Waals surface area contributed by atoms with Crippen molar-refractivity contribution >= 4 is 17.5 Å². The molecule has 0 spiro atoms. The van der Waals surface area contributed by atoms with E-state index in [1.807, 2.05) is 24.3 Å². The van der Waals surface area contributed by atoms with Gasteiger partial charge in [-0.25, -0.2) is 4.39 Å². The summed E-state index contributed by atoms with van der Waals surface area (Å²) < 4.78 is 13.7.